The second-order valence-corrected chi connectivity index (χ2v) is 6.91. The summed E-state index contributed by atoms with van der Waals surface area (Å²) in [4.78, 5) is 17.5. The van der Waals surface area contributed by atoms with Gasteiger partial charge in [-0.05, 0) is 37.1 Å². The third-order valence-corrected chi connectivity index (χ3v) is 5.53. The van der Waals surface area contributed by atoms with Crippen LogP contribution >= 0.6 is 0 Å². The first-order valence-electron chi connectivity index (χ1n) is 9.02. The van der Waals surface area contributed by atoms with Crippen LogP contribution in [0.2, 0.25) is 0 Å². The molecule has 1 amide bonds. The molecule has 3 atom stereocenters. The van der Waals surface area contributed by atoms with Crippen LogP contribution in [0.3, 0.4) is 0 Å². The van der Waals surface area contributed by atoms with E-state index in [1.165, 1.54) is 0 Å². The number of carbonyl (C=O) groups is 1. The zero-order valence-electron chi connectivity index (χ0n) is 14.3. The van der Waals surface area contributed by atoms with Crippen LogP contribution in [0.1, 0.15) is 28.8 Å². The van der Waals surface area contributed by atoms with Gasteiger partial charge in [0.15, 0.2) is 0 Å². The van der Waals surface area contributed by atoms with Crippen molar-refractivity contribution in [1.29, 1.82) is 5.26 Å². The fraction of sp³-hybridized carbons (Fsp3) is 0.579. The average molecular weight is 341 g/mol. The highest BCUT2D eigenvalue weighted by Gasteiger charge is 2.48. The largest absolute Gasteiger partial charge is 0.379 e. The summed E-state index contributed by atoms with van der Waals surface area (Å²) in [5.41, 5.74) is 1.22. The highest BCUT2D eigenvalue weighted by molar-refractivity contribution is 5.94. The normalized spacial score (nSPS) is 29.9. The van der Waals surface area contributed by atoms with Crippen molar-refractivity contribution in [1.82, 2.24) is 9.80 Å². The monoisotopic (exact) mass is 341 g/mol. The Hall–Kier alpha value is -1.94. The van der Waals surface area contributed by atoms with E-state index in [0.29, 0.717) is 17.7 Å². The highest BCUT2D eigenvalue weighted by Crippen LogP contribution is 2.33. The van der Waals surface area contributed by atoms with Gasteiger partial charge in [-0.3, -0.25) is 9.69 Å². The van der Waals surface area contributed by atoms with Crippen molar-refractivity contribution in [3.05, 3.63) is 35.4 Å². The van der Waals surface area contributed by atoms with Crippen LogP contribution in [0.5, 0.6) is 0 Å². The Morgan fingerprint density at radius 3 is 2.60 bits per heavy atom. The number of ether oxygens (including phenoxy) is 2. The molecule has 1 aromatic rings. The maximum atomic E-state index is 13.1. The molecule has 132 valence electrons. The number of fused-ring (bicyclic) bond motifs is 1. The molecule has 0 aromatic heterocycles. The van der Waals surface area contributed by atoms with E-state index in [4.69, 9.17) is 14.7 Å². The molecule has 0 aliphatic carbocycles. The first kappa shape index (κ1) is 16.5. The summed E-state index contributed by atoms with van der Waals surface area (Å²) >= 11 is 0. The lowest BCUT2D eigenvalue weighted by Gasteiger charge is -2.37. The Balaban J connectivity index is 1.55. The molecule has 0 saturated carbocycles. The molecular weight excluding hydrogens is 318 g/mol. The van der Waals surface area contributed by atoms with Crippen molar-refractivity contribution < 1.29 is 14.3 Å². The van der Waals surface area contributed by atoms with Crippen LogP contribution in [-0.2, 0) is 9.47 Å². The Labute approximate surface area is 147 Å². The van der Waals surface area contributed by atoms with Gasteiger partial charge in [0.1, 0.15) is 0 Å². The van der Waals surface area contributed by atoms with Gasteiger partial charge in [0.05, 0.1) is 43.0 Å². The standard InChI is InChI=1S/C19H23N3O3/c20-12-14-3-5-15(6-4-14)19(23)22-13-17(21-7-10-24-11-8-21)18-16(22)2-1-9-25-18/h3-6,16-18H,1-2,7-11,13H2/t16-,17-,18+/m0/s1. The average Bonchev–Trinajstić information content (AvgIpc) is 3.08. The molecule has 4 rings (SSSR count). The lowest BCUT2D eigenvalue weighted by molar-refractivity contribution is -0.0578. The number of benzene rings is 1. The molecule has 0 N–H and O–H groups in total. The summed E-state index contributed by atoms with van der Waals surface area (Å²) in [6, 6.07) is 9.40. The van der Waals surface area contributed by atoms with Crippen LogP contribution in [-0.4, -0.2) is 73.3 Å². The number of carbonyl (C=O) groups excluding carboxylic acids is 1. The smallest absolute Gasteiger partial charge is 0.254 e. The molecule has 0 radical (unpaired) electrons. The van der Waals surface area contributed by atoms with Crippen LogP contribution in [0.15, 0.2) is 24.3 Å². The number of hydrogen-bond donors (Lipinski definition) is 0. The van der Waals surface area contributed by atoms with Crippen molar-refractivity contribution in [2.75, 3.05) is 39.5 Å². The van der Waals surface area contributed by atoms with Crippen molar-refractivity contribution in [3.63, 3.8) is 0 Å². The maximum Gasteiger partial charge on any atom is 0.254 e. The maximum absolute atomic E-state index is 13.1. The summed E-state index contributed by atoms with van der Waals surface area (Å²) in [6.45, 7) is 4.77. The molecule has 6 heteroatoms. The molecule has 3 aliphatic rings. The van der Waals surface area contributed by atoms with E-state index in [0.717, 1.165) is 45.8 Å². The fourth-order valence-corrected chi connectivity index (χ4v) is 4.25. The van der Waals surface area contributed by atoms with E-state index in [1.807, 2.05) is 4.90 Å². The molecule has 6 nitrogen and oxygen atoms in total. The SMILES string of the molecule is N#Cc1ccc(C(=O)N2C[C@H](N3CCOCC3)[C@@H]3OCCC[C@@H]32)cc1. The zero-order valence-corrected chi connectivity index (χ0v) is 14.3. The third-order valence-electron chi connectivity index (χ3n) is 5.53. The van der Waals surface area contributed by atoms with E-state index in [9.17, 15) is 4.79 Å². The van der Waals surface area contributed by atoms with Crippen molar-refractivity contribution in [3.8, 4) is 6.07 Å². The van der Waals surface area contributed by atoms with Gasteiger partial charge in [0, 0.05) is 31.8 Å². The van der Waals surface area contributed by atoms with Gasteiger partial charge in [-0.2, -0.15) is 5.26 Å². The predicted octanol–water partition coefficient (Wildman–Crippen LogP) is 1.26. The molecule has 3 saturated heterocycles. The summed E-state index contributed by atoms with van der Waals surface area (Å²) < 4.78 is 11.6. The van der Waals surface area contributed by atoms with Crippen LogP contribution in [0.4, 0.5) is 0 Å². The van der Waals surface area contributed by atoms with E-state index in [2.05, 4.69) is 11.0 Å². The summed E-state index contributed by atoms with van der Waals surface area (Å²) in [5, 5.41) is 8.93. The molecule has 0 bridgehead atoms. The van der Waals surface area contributed by atoms with E-state index in [1.54, 1.807) is 24.3 Å². The Kier molecular flexibility index (Phi) is 4.71. The summed E-state index contributed by atoms with van der Waals surface area (Å²) in [5.74, 6) is 0.0424. The third kappa shape index (κ3) is 3.15. The first-order valence-corrected chi connectivity index (χ1v) is 9.02. The predicted molar refractivity (Wildman–Crippen MR) is 91.1 cm³/mol. The number of morpholine rings is 1. The van der Waals surface area contributed by atoms with Gasteiger partial charge >= 0.3 is 0 Å². The Morgan fingerprint density at radius 1 is 1.12 bits per heavy atom. The fourth-order valence-electron chi connectivity index (χ4n) is 4.25. The minimum absolute atomic E-state index is 0.0424. The van der Waals surface area contributed by atoms with Crippen LogP contribution in [0, 0.1) is 11.3 Å². The number of nitriles is 1. The van der Waals surface area contributed by atoms with Gasteiger partial charge in [0.2, 0.25) is 0 Å². The highest BCUT2D eigenvalue weighted by atomic mass is 16.5. The van der Waals surface area contributed by atoms with Gasteiger partial charge in [-0.15, -0.1) is 0 Å². The van der Waals surface area contributed by atoms with Crippen molar-refractivity contribution in [2.24, 2.45) is 0 Å². The van der Waals surface area contributed by atoms with Gasteiger partial charge in [-0.25, -0.2) is 0 Å². The quantitative estimate of drug-likeness (QED) is 0.810. The van der Waals surface area contributed by atoms with Crippen molar-refractivity contribution >= 4 is 5.91 Å². The lowest BCUT2D eigenvalue weighted by atomic mass is 9.99. The van der Waals surface area contributed by atoms with Gasteiger partial charge in [-0.1, -0.05) is 0 Å². The van der Waals surface area contributed by atoms with E-state index >= 15 is 0 Å². The van der Waals surface area contributed by atoms with Crippen molar-refractivity contribution in [2.45, 2.75) is 31.0 Å². The van der Waals surface area contributed by atoms with E-state index < -0.39 is 0 Å². The molecule has 0 unspecified atom stereocenters. The number of rotatable bonds is 2. The number of hydrogen-bond acceptors (Lipinski definition) is 5. The van der Waals surface area contributed by atoms with Gasteiger partial charge < -0.3 is 14.4 Å². The molecule has 3 fully saturated rings. The molecule has 3 aliphatic heterocycles. The second kappa shape index (κ2) is 7.12. The molecule has 3 heterocycles. The van der Waals surface area contributed by atoms with Crippen LogP contribution in [0.25, 0.3) is 0 Å². The minimum Gasteiger partial charge on any atom is -0.379 e. The zero-order chi connectivity index (χ0) is 17.2. The van der Waals surface area contributed by atoms with E-state index in [-0.39, 0.29) is 24.1 Å². The Morgan fingerprint density at radius 2 is 1.88 bits per heavy atom. The second-order valence-electron chi connectivity index (χ2n) is 6.91. The molecule has 1 aromatic carbocycles. The summed E-state index contributed by atoms with van der Waals surface area (Å²) in [6.07, 6.45) is 2.08. The number of nitrogens with zero attached hydrogens (tertiary/aromatic N) is 3. The Bertz CT molecular complexity index is 663. The number of likely N-dealkylation sites (tertiary alicyclic amines) is 1. The summed E-state index contributed by atoms with van der Waals surface area (Å²) in [7, 11) is 0. The molecule has 25 heavy (non-hydrogen) atoms. The van der Waals surface area contributed by atoms with Gasteiger partial charge in [0.25, 0.3) is 5.91 Å². The molecular formula is C19H23N3O3. The number of amides is 1. The first-order chi connectivity index (χ1) is 12.3. The lowest BCUT2D eigenvalue weighted by Crippen LogP contribution is -2.51. The molecule has 0 spiro atoms. The minimum atomic E-state index is 0.0424. The topological polar surface area (TPSA) is 65.8 Å². The van der Waals surface area contributed by atoms with Crippen LogP contribution < -0.4 is 0 Å².